The molecule has 2 N–H and O–H groups in total. The average molecular weight is 229 g/mol. The van der Waals surface area contributed by atoms with Gasteiger partial charge in [0.2, 0.25) is 5.91 Å². The van der Waals surface area contributed by atoms with Crippen molar-refractivity contribution < 1.29 is 14.7 Å². The zero-order valence-corrected chi connectivity index (χ0v) is 10.7. The molecule has 0 aliphatic heterocycles. The first-order valence-electron chi connectivity index (χ1n) is 5.88. The van der Waals surface area contributed by atoms with Gasteiger partial charge in [-0.15, -0.1) is 0 Å². The molecule has 0 saturated heterocycles. The summed E-state index contributed by atoms with van der Waals surface area (Å²) in [5, 5.41) is 11.6. The number of rotatable bonds is 7. The number of amides is 1. The Bertz CT molecular complexity index is 253. The highest BCUT2D eigenvalue weighted by atomic mass is 16.4. The molecule has 0 fully saturated rings. The molecule has 0 aliphatic carbocycles. The minimum Gasteiger partial charge on any atom is -0.481 e. The number of carbonyl (C=O) groups is 2. The summed E-state index contributed by atoms with van der Waals surface area (Å²) >= 11 is 0. The molecule has 0 heterocycles. The van der Waals surface area contributed by atoms with Gasteiger partial charge in [-0.05, 0) is 19.8 Å². The highest BCUT2D eigenvalue weighted by Gasteiger charge is 2.28. The van der Waals surface area contributed by atoms with Crippen LogP contribution in [-0.4, -0.2) is 22.5 Å². The van der Waals surface area contributed by atoms with Gasteiger partial charge in [0.25, 0.3) is 0 Å². The summed E-state index contributed by atoms with van der Waals surface area (Å²) in [7, 11) is 0. The van der Waals surface area contributed by atoms with Crippen molar-refractivity contribution in [2.24, 2.45) is 5.92 Å². The number of nitrogens with one attached hydrogen (secondary N) is 1. The lowest BCUT2D eigenvalue weighted by Gasteiger charge is -2.29. The summed E-state index contributed by atoms with van der Waals surface area (Å²) in [6.07, 6.45) is 2.37. The third-order valence-electron chi connectivity index (χ3n) is 2.92. The minimum absolute atomic E-state index is 0.0336. The van der Waals surface area contributed by atoms with Crippen molar-refractivity contribution in [3.63, 3.8) is 0 Å². The first kappa shape index (κ1) is 14.9. The van der Waals surface area contributed by atoms with Crippen LogP contribution in [-0.2, 0) is 9.59 Å². The number of hydrogen-bond acceptors (Lipinski definition) is 2. The average Bonchev–Trinajstić information content (AvgIpc) is 2.16. The molecule has 0 aromatic carbocycles. The lowest BCUT2D eigenvalue weighted by molar-refractivity contribution is -0.139. The van der Waals surface area contributed by atoms with Gasteiger partial charge in [-0.25, -0.2) is 0 Å². The van der Waals surface area contributed by atoms with Gasteiger partial charge in [-0.2, -0.15) is 0 Å². The molecule has 16 heavy (non-hydrogen) atoms. The van der Waals surface area contributed by atoms with Crippen LogP contribution in [0.2, 0.25) is 0 Å². The van der Waals surface area contributed by atoms with Gasteiger partial charge in [-0.3, -0.25) is 9.59 Å². The monoisotopic (exact) mass is 229 g/mol. The van der Waals surface area contributed by atoms with E-state index < -0.39 is 11.5 Å². The normalized spacial score (nSPS) is 16.2. The second kappa shape index (κ2) is 6.51. The number of carbonyl (C=O) groups excluding carboxylic acids is 1. The second-order valence-electron chi connectivity index (χ2n) is 4.66. The van der Waals surface area contributed by atoms with Gasteiger partial charge in [0.1, 0.15) is 0 Å². The Morgan fingerprint density at radius 3 is 2.31 bits per heavy atom. The molecule has 4 heteroatoms. The summed E-state index contributed by atoms with van der Waals surface area (Å²) in [6.45, 7) is 7.56. The lowest BCUT2D eigenvalue weighted by Crippen LogP contribution is -2.48. The Morgan fingerprint density at radius 1 is 1.38 bits per heavy atom. The van der Waals surface area contributed by atoms with Crippen LogP contribution in [0.3, 0.4) is 0 Å². The molecule has 2 unspecified atom stereocenters. The number of aliphatic carboxylic acids is 1. The highest BCUT2D eigenvalue weighted by Crippen LogP contribution is 2.16. The molecule has 4 nitrogen and oxygen atoms in total. The van der Waals surface area contributed by atoms with Gasteiger partial charge in [0.15, 0.2) is 0 Å². The van der Waals surface area contributed by atoms with Gasteiger partial charge < -0.3 is 10.4 Å². The van der Waals surface area contributed by atoms with E-state index in [9.17, 15) is 9.59 Å². The smallest absolute Gasteiger partial charge is 0.305 e. The van der Waals surface area contributed by atoms with Crippen LogP contribution in [0, 0.1) is 5.92 Å². The molecular formula is C12H23NO3. The summed E-state index contributed by atoms with van der Waals surface area (Å²) < 4.78 is 0. The first-order valence-corrected chi connectivity index (χ1v) is 5.88. The topological polar surface area (TPSA) is 66.4 Å². The fourth-order valence-corrected chi connectivity index (χ4v) is 1.58. The van der Waals surface area contributed by atoms with Crippen molar-refractivity contribution in [1.29, 1.82) is 0 Å². The largest absolute Gasteiger partial charge is 0.481 e. The van der Waals surface area contributed by atoms with Crippen molar-refractivity contribution in [2.75, 3.05) is 0 Å². The lowest BCUT2D eigenvalue weighted by atomic mass is 9.93. The third-order valence-corrected chi connectivity index (χ3v) is 2.92. The van der Waals surface area contributed by atoms with Crippen LogP contribution in [0.25, 0.3) is 0 Å². The molecule has 94 valence electrons. The minimum atomic E-state index is -0.882. The van der Waals surface area contributed by atoms with E-state index in [1.807, 2.05) is 20.8 Å². The molecule has 2 atom stereocenters. The van der Waals surface area contributed by atoms with Crippen LogP contribution in [0.1, 0.15) is 53.4 Å². The maximum atomic E-state index is 11.8. The molecule has 0 bridgehead atoms. The van der Waals surface area contributed by atoms with Gasteiger partial charge in [0, 0.05) is 11.5 Å². The van der Waals surface area contributed by atoms with E-state index in [1.165, 1.54) is 0 Å². The summed E-state index contributed by atoms with van der Waals surface area (Å²) in [5.74, 6) is -0.982. The van der Waals surface area contributed by atoms with E-state index in [-0.39, 0.29) is 18.2 Å². The van der Waals surface area contributed by atoms with Crippen molar-refractivity contribution in [1.82, 2.24) is 5.32 Å². The first-order chi connectivity index (χ1) is 7.34. The Morgan fingerprint density at radius 2 is 1.94 bits per heavy atom. The van der Waals surface area contributed by atoms with Crippen molar-refractivity contribution in [3.8, 4) is 0 Å². The predicted octanol–water partition coefficient (Wildman–Crippen LogP) is 2.18. The van der Waals surface area contributed by atoms with E-state index >= 15 is 0 Å². The number of carboxylic acids is 1. The van der Waals surface area contributed by atoms with E-state index in [4.69, 9.17) is 5.11 Å². The van der Waals surface area contributed by atoms with Crippen molar-refractivity contribution in [3.05, 3.63) is 0 Å². The second-order valence-corrected chi connectivity index (χ2v) is 4.66. The Hall–Kier alpha value is -1.06. The summed E-state index contributed by atoms with van der Waals surface area (Å²) in [5.41, 5.74) is -0.634. The molecule has 0 spiro atoms. The molecule has 0 rings (SSSR count). The maximum absolute atomic E-state index is 11.8. The van der Waals surface area contributed by atoms with Crippen molar-refractivity contribution in [2.45, 2.75) is 58.9 Å². The summed E-state index contributed by atoms with van der Waals surface area (Å²) in [6, 6.07) is 0. The standard InChI is InChI=1S/C12H23NO3/c1-5-7-9(3)11(16)13-12(4,6-2)8-10(14)15/h9H,5-8H2,1-4H3,(H,13,16)(H,14,15). The van der Waals surface area contributed by atoms with Crippen LogP contribution >= 0.6 is 0 Å². The zero-order chi connectivity index (χ0) is 12.8. The fraction of sp³-hybridized carbons (Fsp3) is 0.833. The van der Waals surface area contributed by atoms with Crippen LogP contribution in [0.5, 0.6) is 0 Å². The molecule has 0 aliphatic rings. The molecule has 0 radical (unpaired) electrons. The Balaban J connectivity index is 4.41. The van der Waals surface area contributed by atoms with Crippen LogP contribution < -0.4 is 5.32 Å². The van der Waals surface area contributed by atoms with Crippen LogP contribution in [0.4, 0.5) is 0 Å². The van der Waals surface area contributed by atoms with E-state index in [0.29, 0.717) is 6.42 Å². The molecular weight excluding hydrogens is 206 g/mol. The molecule has 0 aromatic heterocycles. The number of hydrogen-bond donors (Lipinski definition) is 2. The number of carboxylic acid groups (broad SMARTS) is 1. The fourth-order valence-electron chi connectivity index (χ4n) is 1.58. The van der Waals surface area contributed by atoms with E-state index in [2.05, 4.69) is 5.32 Å². The van der Waals surface area contributed by atoms with Crippen molar-refractivity contribution >= 4 is 11.9 Å². The molecule has 0 aromatic rings. The SMILES string of the molecule is CCCC(C)C(=O)NC(C)(CC)CC(=O)O. The van der Waals surface area contributed by atoms with Gasteiger partial charge >= 0.3 is 5.97 Å². The maximum Gasteiger partial charge on any atom is 0.305 e. The zero-order valence-electron chi connectivity index (χ0n) is 10.7. The predicted molar refractivity (Wildman–Crippen MR) is 63.2 cm³/mol. The third kappa shape index (κ3) is 5.14. The Kier molecular flexibility index (Phi) is 6.08. The van der Waals surface area contributed by atoms with E-state index in [0.717, 1.165) is 12.8 Å². The Labute approximate surface area is 97.4 Å². The van der Waals surface area contributed by atoms with Crippen LogP contribution in [0.15, 0.2) is 0 Å². The quantitative estimate of drug-likeness (QED) is 0.703. The van der Waals surface area contributed by atoms with Gasteiger partial charge in [0.05, 0.1) is 6.42 Å². The molecule has 1 amide bonds. The van der Waals surface area contributed by atoms with Gasteiger partial charge in [-0.1, -0.05) is 27.2 Å². The summed E-state index contributed by atoms with van der Waals surface area (Å²) in [4.78, 5) is 22.5. The van der Waals surface area contributed by atoms with E-state index in [1.54, 1.807) is 6.92 Å². The molecule has 0 saturated carbocycles. The highest BCUT2D eigenvalue weighted by molar-refractivity contribution is 5.80.